The number of furan rings is 1. The predicted octanol–water partition coefficient (Wildman–Crippen LogP) is 1.05. The first-order chi connectivity index (χ1) is 10.7. The van der Waals surface area contributed by atoms with Gasteiger partial charge in [-0.05, 0) is 42.0 Å². The van der Waals surface area contributed by atoms with Gasteiger partial charge in [-0.2, -0.15) is 5.10 Å². The molecule has 1 aromatic heterocycles. The summed E-state index contributed by atoms with van der Waals surface area (Å²) in [5.41, 5.74) is 2.91. The minimum absolute atomic E-state index is 0.140. The lowest BCUT2D eigenvalue weighted by atomic mass is 10.2. The molecule has 2 amide bonds. The van der Waals surface area contributed by atoms with Crippen LogP contribution in [-0.2, 0) is 16.1 Å². The number of benzene rings is 1. The Bertz CT molecular complexity index is 648. The van der Waals surface area contributed by atoms with Crippen LogP contribution in [0.5, 0.6) is 5.75 Å². The first kappa shape index (κ1) is 15.3. The van der Waals surface area contributed by atoms with Crippen molar-refractivity contribution in [2.75, 3.05) is 7.11 Å². The van der Waals surface area contributed by atoms with Crippen molar-refractivity contribution in [2.24, 2.45) is 5.10 Å². The lowest BCUT2D eigenvalue weighted by Crippen LogP contribution is -2.37. The Morgan fingerprint density at radius 2 is 2.00 bits per heavy atom. The van der Waals surface area contributed by atoms with Crippen LogP contribution >= 0.6 is 0 Å². The Kier molecular flexibility index (Phi) is 5.31. The van der Waals surface area contributed by atoms with Crippen LogP contribution in [0.4, 0.5) is 0 Å². The number of hydrogen-bond acceptors (Lipinski definition) is 5. The van der Waals surface area contributed by atoms with E-state index in [2.05, 4.69) is 15.8 Å². The molecule has 0 aliphatic rings. The summed E-state index contributed by atoms with van der Waals surface area (Å²) in [6, 6.07) is 10.5. The van der Waals surface area contributed by atoms with E-state index in [1.54, 1.807) is 43.5 Å². The lowest BCUT2D eigenvalue weighted by molar-refractivity contribution is -0.139. The fourth-order valence-corrected chi connectivity index (χ4v) is 1.57. The van der Waals surface area contributed by atoms with Crippen molar-refractivity contribution < 1.29 is 18.7 Å². The van der Waals surface area contributed by atoms with Crippen molar-refractivity contribution in [1.29, 1.82) is 0 Å². The fourth-order valence-electron chi connectivity index (χ4n) is 1.57. The third-order valence-corrected chi connectivity index (χ3v) is 2.71. The van der Waals surface area contributed by atoms with E-state index in [1.165, 1.54) is 12.5 Å². The third kappa shape index (κ3) is 4.48. The monoisotopic (exact) mass is 301 g/mol. The van der Waals surface area contributed by atoms with Gasteiger partial charge in [0.25, 0.3) is 0 Å². The van der Waals surface area contributed by atoms with E-state index in [9.17, 15) is 9.59 Å². The molecule has 0 bridgehead atoms. The van der Waals surface area contributed by atoms with Crippen molar-refractivity contribution >= 4 is 18.0 Å². The zero-order valence-electron chi connectivity index (χ0n) is 11.9. The number of nitrogens with zero attached hydrogens (tertiary/aromatic N) is 1. The number of rotatable bonds is 5. The summed E-state index contributed by atoms with van der Waals surface area (Å²) < 4.78 is 10.1. The highest BCUT2D eigenvalue weighted by molar-refractivity contribution is 6.35. The maximum atomic E-state index is 11.5. The van der Waals surface area contributed by atoms with Crippen LogP contribution in [0.3, 0.4) is 0 Å². The molecule has 0 radical (unpaired) electrons. The molecule has 2 N–H and O–H groups in total. The summed E-state index contributed by atoms with van der Waals surface area (Å²) in [6.07, 6.45) is 2.91. The summed E-state index contributed by atoms with van der Waals surface area (Å²) in [7, 11) is 1.57. The number of amides is 2. The SMILES string of the molecule is COc1ccc(/C=N\NC(=O)C(=O)NCc2ccco2)cc1. The molecule has 22 heavy (non-hydrogen) atoms. The molecule has 114 valence electrons. The molecule has 0 aliphatic heterocycles. The molecule has 2 rings (SSSR count). The second kappa shape index (κ2) is 7.63. The minimum Gasteiger partial charge on any atom is -0.497 e. The Hall–Kier alpha value is -3.09. The van der Waals surface area contributed by atoms with Crippen LogP contribution < -0.4 is 15.5 Å². The van der Waals surface area contributed by atoms with E-state index >= 15 is 0 Å². The first-order valence-electron chi connectivity index (χ1n) is 6.46. The maximum Gasteiger partial charge on any atom is 0.329 e. The zero-order valence-corrected chi connectivity index (χ0v) is 11.9. The Morgan fingerprint density at radius 3 is 2.64 bits per heavy atom. The largest absolute Gasteiger partial charge is 0.497 e. The molecule has 0 unspecified atom stereocenters. The van der Waals surface area contributed by atoms with Crippen LogP contribution in [0.25, 0.3) is 0 Å². The van der Waals surface area contributed by atoms with Crippen molar-refractivity contribution in [2.45, 2.75) is 6.54 Å². The lowest BCUT2D eigenvalue weighted by Gasteiger charge is -2.01. The molecular weight excluding hydrogens is 286 g/mol. The van der Waals surface area contributed by atoms with Gasteiger partial charge in [0.05, 0.1) is 26.1 Å². The second-order valence-corrected chi connectivity index (χ2v) is 4.23. The number of nitrogens with one attached hydrogen (secondary N) is 2. The van der Waals surface area contributed by atoms with Crippen molar-refractivity contribution in [3.63, 3.8) is 0 Å². The van der Waals surface area contributed by atoms with E-state index < -0.39 is 11.8 Å². The van der Waals surface area contributed by atoms with Gasteiger partial charge >= 0.3 is 11.8 Å². The van der Waals surface area contributed by atoms with Gasteiger partial charge in [0.15, 0.2) is 0 Å². The first-order valence-corrected chi connectivity index (χ1v) is 6.46. The Balaban J connectivity index is 1.78. The molecule has 2 aromatic rings. The summed E-state index contributed by atoms with van der Waals surface area (Å²) >= 11 is 0. The van der Waals surface area contributed by atoms with E-state index in [-0.39, 0.29) is 6.54 Å². The van der Waals surface area contributed by atoms with Crippen LogP contribution in [0.1, 0.15) is 11.3 Å². The average molecular weight is 301 g/mol. The molecule has 7 heteroatoms. The van der Waals surface area contributed by atoms with Crippen molar-refractivity contribution in [3.05, 3.63) is 54.0 Å². The molecule has 1 heterocycles. The number of methoxy groups -OCH3 is 1. The molecule has 0 saturated carbocycles. The fraction of sp³-hybridized carbons (Fsp3) is 0.133. The van der Waals surface area contributed by atoms with Crippen LogP contribution in [0.2, 0.25) is 0 Å². The molecule has 0 spiro atoms. The minimum atomic E-state index is -0.851. The standard InChI is InChI=1S/C15H15N3O4/c1-21-12-6-4-11(5-7-12)9-17-18-15(20)14(19)16-10-13-3-2-8-22-13/h2-9H,10H2,1H3,(H,16,19)(H,18,20)/b17-9-. The highest BCUT2D eigenvalue weighted by atomic mass is 16.5. The van der Waals surface area contributed by atoms with Crippen LogP contribution in [-0.4, -0.2) is 25.1 Å². The number of hydrogen-bond donors (Lipinski definition) is 2. The molecule has 1 aromatic carbocycles. The highest BCUT2D eigenvalue weighted by Gasteiger charge is 2.12. The molecule has 0 fully saturated rings. The van der Waals surface area contributed by atoms with Crippen LogP contribution in [0.15, 0.2) is 52.2 Å². The van der Waals surface area contributed by atoms with Gasteiger partial charge in [-0.1, -0.05) is 0 Å². The van der Waals surface area contributed by atoms with E-state index in [1.807, 2.05) is 0 Å². The Labute approximate surface area is 127 Å². The summed E-state index contributed by atoms with van der Waals surface area (Å²) in [5, 5.41) is 6.13. The smallest absolute Gasteiger partial charge is 0.329 e. The van der Waals surface area contributed by atoms with Gasteiger partial charge in [-0.3, -0.25) is 9.59 Å². The maximum absolute atomic E-state index is 11.5. The van der Waals surface area contributed by atoms with E-state index in [0.29, 0.717) is 5.76 Å². The predicted molar refractivity (Wildman–Crippen MR) is 79.3 cm³/mol. The molecular formula is C15H15N3O4. The van der Waals surface area contributed by atoms with Gasteiger partial charge in [-0.15, -0.1) is 0 Å². The van der Waals surface area contributed by atoms with Gasteiger partial charge in [-0.25, -0.2) is 5.43 Å². The van der Waals surface area contributed by atoms with E-state index in [0.717, 1.165) is 11.3 Å². The Morgan fingerprint density at radius 1 is 1.23 bits per heavy atom. The highest BCUT2D eigenvalue weighted by Crippen LogP contribution is 2.09. The number of ether oxygens (including phenoxy) is 1. The normalized spacial score (nSPS) is 10.4. The quantitative estimate of drug-likeness (QED) is 0.490. The third-order valence-electron chi connectivity index (χ3n) is 2.71. The van der Waals surface area contributed by atoms with Gasteiger partial charge < -0.3 is 14.5 Å². The topological polar surface area (TPSA) is 92.9 Å². The molecule has 7 nitrogen and oxygen atoms in total. The van der Waals surface area contributed by atoms with Gasteiger partial charge in [0, 0.05) is 0 Å². The van der Waals surface area contributed by atoms with Gasteiger partial charge in [0.2, 0.25) is 0 Å². The summed E-state index contributed by atoms with van der Waals surface area (Å²) in [6.45, 7) is 0.140. The average Bonchev–Trinajstić information content (AvgIpc) is 3.06. The van der Waals surface area contributed by atoms with E-state index in [4.69, 9.17) is 9.15 Å². The van der Waals surface area contributed by atoms with Gasteiger partial charge in [0.1, 0.15) is 11.5 Å². The molecule has 0 atom stereocenters. The molecule has 0 aliphatic carbocycles. The summed E-state index contributed by atoms with van der Waals surface area (Å²) in [4.78, 5) is 23.0. The zero-order chi connectivity index (χ0) is 15.8. The van der Waals surface area contributed by atoms with Crippen molar-refractivity contribution in [3.8, 4) is 5.75 Å². The summed E-state index contributed by atoms with van der Waals surface area (Å²) in [5.74, 6) is -0.360. The number of carbonyl (C=O) groups is 2. The number of carbonyl (C=O) groups excluding carboxylic acids is 2. The molecule has 0 saturated heterocycles. The number of hydrazone groups is 1. The van der Waals surface area contributed by atoms with Crippen molar-refractivity contribution in [1.82, 2.24) is 10.7 Å². The van der Waals surface area contributed by atoms with Crippen LogP contribution in [0, 0.1) is 0 Å². The second-order valence-electron chi connectivity index (χ2n) is 4.23.